The number of aromatic nitrogens is 2. The molecule has 1 aliphatic heterocycles. The number of carbonyl (C=O) groups is 2. The molecule has 1 aliphatic rings. The highest BCUT2D eigenvalue weighted by atomic mass is 32.2. The van der Waals surface area contributed by atoms with Gasteiger partial charge in [0.15, 0.2) is 15.8 Å². The SMILES string of the molecule is CCCOc1ccc(/C(O)=C2/C(=O)C(=O)N(c3nnc(SCc4ccc(F)cc4)s3)C2c2ccc(OCc3ccccc3)c(OC)c2)cc1. The molecule has 0 spiro atoms. The lowest BCUT2D eigenvalue weighted by Crippen LogP contribution is -2.29. The highest BCUT2D eigenvalue weighted by molar-refractivity contribution is 8.00. The molecule has 0 radical (unpaired) electrons. The second-order valence-electron chi connectivity index (χ2n) is 11.0. The average Bonchev–Trinajstić information content (AvgIpc) is 3.71. The summed E-state index contributed by atoms with van der Waals surface area (Å²) in [4.78, 5) is 28.8. The number of halogens is 1. The number of thioether (sulfide) groups is 1. The minimum Gasteiger partial charge on any atom is -0.507 e. The second kappa shape index (κ2) is 15.3. The molecule has 1 amide bonds. The Bertz CT molecular complexity index is 1970. The zero-order chi connectivity index (χ0) is 34.3. The highest BCUT2D eigenvalue weighted by Gasteiger charge is 2.48. The number of hydrogen-bond acceptors (Lipinski definition) is 10. The lowest BCUT2D eigenvalue weighted by atomic mass is 9.95. The number of ether oxygens (including phenoxy) is 3. The summed E-state index contributed by atoms with van der Waals surface area (Å²) in [5, 5.41) is 20.3. The van der Waals surface area contributed by atoms with Crippen LogP contribution in [0.25, 0.3) is 5.76 Å². The van der Waals surface area contributed by atoms with Crippen molar-refractivity contribution in [1.82, 2.24) is 10.2 Å². The molecule has 1 fully saturated rings. The molecule has 250 valence electrons. The maximum atomic E-state index is 13.8. The first-order chi connectivity index (χ1) is 23.9. The van der Waals surface area contributed by atoms with Gasteiger partial charge < -0.3 is 19.3 Å². The molecular formula is C37H32FN3O6S2. The van der Waals surface area contributed by atoms with E-state index in [9.17, 15) is 19.1 Å². The van der Waals surface area contributed by atoms with Gasteiger partial charge in [-0.1, -0.05) is 78.6 Å². The van der Waals surface area contributed by atoms with Gasteiger partial charge in [0.2, 0.25) is 5.13 Å². The molecule has 6 rings (SSSR count). The molecule has 1 aromatic heterocycles. The molecule has 1 N–H and O–H groups in total. The first-order valence-electron chi connectivity index (χ1n) is 15.5. The van der Waals surface area contributed by atoms with Crippen molar-refractivity contribution in [2.45, 2.75) is 36.1 Å². The topological polar surface area (TPSA) is 111 Å². The van der Waals surface area contributed by atoms with Crippen molar-refractivity contribution in [2.75, 3.05) is 18.6 Å². The van der Waals surface area contributed by atoms with E-state index >= 15 is 0 Å². The van der Waals surface area contributed by atoms with Crippen molar-refractivity contribution >= 4 is 45.7 Å². The summed E-state index contributed by atoms with van der Waals surface area (Å²) in [5.74, 6) is -0.434. The Kier molecular flexibility index (Phi) is 10.6. The van der Waals surface area contributed by atoms with Gasteiger partial charge in [0.1, 0.15) is 23.9 Å². The lowest BCUT2D eigenvalue weighted by Gasteiger charge is -2.23. The summed E-state index contributed by atoms with van der Waals surface area (Å²) in [6, 6.07) is 26.6. The van der Waals surface area contributed by atoms with Crippen LogP contribution >= 0.6 is 23.1 Å². The molecule has 1 saturated heterocycles. The molecule has 12 heteroatoms. The van der Waals surface area contributed by atoms with E-state index < -0.39 is 17.7 Å². The molecule has 0 bridgehead atoms. The number of nitrogens with zero attached hydrogens (tertiary/aromatic N) is 3. The Morgan fingerprint density at radius 1 is 0.918 bits per heavy atom. The largest absolute Gasteiger partial charge is 0.507 e. The van der Waals surface area contributed by atoms with E-state index in [0.29, 0.717) is 51.7 Å². The third-order valence-corrected chi connectivity index (χ3v) is 9.79. The quantitative estimate of drug-likeness (QED) is 0.0431. The lowest BCUT2D eigenvalue weighted by molar-refractivity contribution is -0.132. The van der Waals surface area contributed by atoms with Gasteiger partial charge in [-0.3, -0.25) is 14.5 Å². The fourth-order valence-electron chi connectivity index (χ4n) is 5.22. The standard InChI is InChI=1S/C37H32FN3O6S2/c1-3-19-46-28-16-11-25(12-17-28)33(42)31-32(26-13-18-29(30(20-26)45-2)47-21-23-7-5-4-6-8-23)41(35(44)34(31)43)36-39-40-37(49-36)48-22-24-9-14-27(38)15-10-24/h4-18,20,32,42H,3,19,21-22H2,1-2H3/b33-31-. The summed E-state index contributed by atoms with van der Waals surface area (Å²) in [5.41, 5.74) is 2.58. The normalized spacial score (nSPS) is 15.4. The minimum absolute atomic E-state index is 0.108. The van der Waals surface area contributed by atoms with Crippen molar-refractivity contribution in [3.8, 4) is 17.2 Å². The number of Topliss-reactive ketones (excluding diaryl/α,β-unsaturated/α-hetero) is 1. The number of carbonyl (C=O) groups excluding carboxylic acids is 2. The van der Waals surface area contributed by atoms with E-state index in [1.165, 1.54) is 35.9 Å². The van der Waals surface area contributed by atoms with Gasteiger partial charge in [-0.15, -0.1) is 10.2 Å². The number of aliphatic hydroxyl groups is 1. The first kappa shape index (κ1) is 33.7. The van der Waals surface area contributed by atoms with Crippen molar-refractivity contribution in [2.24, 2.45) is 0 Å². The van der Waals surface area contributed by atoms with E-state index in [-0.39, 0.29) is 22.3 Å². The number of benzene rings is 4. The van der Waals surface area contributed by atoms with Crippen LogP contribution < -0.4 is 19.1 Å². The van der Waals surface area contributed by atoms with Crippen molar-refractivity contribution in [1.29, 1.82) is 0 Å². The second-order valence-corrected chi connectivity index (χ2v) is 13.2. The third-order valence-electron chi connectivity index (χ3n) is 7.66. The van der Waals surface area contributed by atoms with Crippen LogP contribution in [0, 0.1) is 5.82 Å². The van der Waals surface area contributed by atoms with Gasteiger partial charge in [0.25, 0.3) is 5.78 Å². The highest BCUT2D eigenvalue weighted by Crippen LogP contribution is 2.46. The van der Waals surface area contributed by atoms with E-state index in [4.69, 9.17) is 14.2 Å². The zero-order valence-electron chi connectivity index (χ0n) is 26.7. The zero-order valence-corrected chi connectivity index (χ0v) is 28.3. The van der Waals surface area contributed by atoms with Crippen LogP contribution in [0.2, 0.25) is 0 Å². The molecule has 1 atom stereocenters. The number of hydrogen-bond donors (Lipinski definition) is 1. The van der Waals surface area contributed by atoms with Crippen LogP contribution in [-0.2, 0) is 21.9 Å². The molecule has 9 nitrogen and oxygen atoms in total. The number of aliphatic hydroxyl groups excluding tert-OH is 1. The number of methoxy groups -OCH3 is 1. The molecular weight excluding hydrogens is 666 g/mol. The summed E-state index contributed by atoms with van der Waals surface area (Å²) >= 11 is 2.51. The average molecular weight is 698 g/mol. The Labute approximate surface area is 291 Å². The van der Waals surface area contributed by atoms with E-state index in [2.05, 4.69) is 10.2 Å². The minimum atomic E-state index is -1.06. The van der Waals surface area contributed by atoms with Gasteiger partial charge in [-0.2, -0.15) is 0 Å². The van der Waals surface area contributed by atoms with Crippen LogP contribution in [0.3, 0.4) is 0 Å². The van der Waals surface area contributed by atoms with E-state index in [1.54, 1.807) is 54.6 Å². The molecule has 4 aromatic carbocycles. The summed E-state index contributed by atoms with van der Waals surface area (Å²) < 4.78 is 31.3. The van der Waals surface area contributed by atoms with Gasteiger partial charge in [0.05, 0.1) is 25.3 Å². The molecule has 5 aromatic rings. The Balaban J connectivity index is 1.37. The summed E-state index contributed by atoms with van der Waals surface area (Å²) in [7, 11) is 1.50. The molecule has 0 saturated carbocycles. The van der Waals surface area contributed by atoms with Gasteiger partial charge in [-0.05, 0) is 71.6 Å². The summed E-state index contributed by atoms with van der Waals surface area (Å²) in [6.07, 6.45) is 0.836. The maximum absolute atomic E-state index is 13.8. The van der Waals surface area contributed by atoms with Gasteiger partial charge >= 0.3 is 5.91 Å². The molecule has 49 heavy (non-hydrogen) atoms. The number of amides is 1. The van der Waals surface area contributed by atoms with Crippen molar-refractivity contribution in [3.63, 3.8) is 0 Å². The summed E-state index contributed by atoms with van der Waals surface area (Å²) in [6.45, 7) is 2.84. The first-order valence-corrected chi connectivity index (χ1v) is 17.3. The predicted octanol–water partition coefficient (Wildman–Crippen LogP) is 7.97. The van der Waals surface area contributed by atoms with Crippen LogP contribution in [0.4, 0.5) is 9.52 Å². The van der Waals surface area contributed by atoms with E-state index in [0.717, 1.165) is 28.9 Å². The van der Waals surface area contributed by atoms with Crippen LogP contribution in [0.1, 0.15) is 41.6 Å². The molecule has 1 unspecified atom stereocenters. The Morgan fingerprint density at radius 3 is 2.39 bits per heavy atom. The van der Waals surface area contributed by atoms with Gasteiger partial charge in [-0.25, -0.2) is 4.39 Å². The van der Waals surface area contributed by atoms with Crippen LogP contribution in [0.15, 0.2) is 107 Å². The van der Waals surface area contributed by atoms with Gasteiger partial charge in [0, 0.05) is 11.3 Å². The monoisotopic (exact) mass is 697 g/mol. The number of ketones is 1. The number of anilines is 1. The van der Waals surface area contributed by atoms with Crippen molar-refractivity contribution < 1.29 is 33.3 Å². The van der Waals surface area contributed by atoms with Crippen LogP contribution in [0.5, 0.6) is 17.2 Å². The van der Waals surface area contributed by atoms with E-state index in [1.807, 2.05) is 37.3 Å². The van der Waals surface area contributed by atoms with Crippen molar-refractivity contribution in [3.05, 3.63) is 131 Å². The molecule has 0 aliphatic carbocycles. The third kappa shape index (κ3) is 7.60. The fraction of sp³-hybridized carbons (Fsp3) is 0.189. The Hall–Kier alpha value is -5.20. The maximum Gasteiger partial charge on any atom is 0.301 e. The fourth-order valence-corrected chi connectivity index (χ4v) is 7.05. The molecule has 2 heterocycles. The predicted molar refractivity (Wildman–Crippen MR) is 187 cm³/mol. The Morgan fingerprint density at radius 2 is 1.67 bits per heavy atom. The number of rotatable bonds is 13. The van der Waals surface area contributed by atoms with Crippen LogP contribution in [-0.4, -0.2) is 40.7 Å². The smallest absolute Gasteiger partial charge is 0.301 e.